The average Bonchev–Trinajstić information content (AvgIpc) is 3.33. The number of fused-ring (bicyclic) bond motifs is 3. The van der Waals surface area contributed by atoms with Crippen LogP contribution >= 0.6 is 0 Å². The molecule has 1 aromatic carbocycles. The Hall–Kier alpha value is -3.49. The molecule has 1 fully saturated rings. The molecule has 0 N–H and O–H groups in total. The minimum Gasteiger partial charge on any atom is -0.473 e. The third-order valence-corrected chi connectivity index (χ3v) is 5.58. The molecule has 0 saturated carbocycles. The predicted molar refractivity (Wildman–Crippen MR) is 109 cm³/mol. The van der Waals surface area contributed by atoms with Crippen LogP contribution in [0.2, 0.25) is 0 Å². The topological polar surface area (TPSA) is 69.5 Å². The Labute approximate surface area is 176 Å². The van der Waals surface area contributed by atoms with Crippen molar-refractivity contribution in [3.8, 4) is 17.4 Å². The minimum atomic E-state index is -0.860. The van der Waals surface area contributed by atoms with Gasteiger partial charge in [0.25, 0.3) is 0 Å². The molecule has 1 saturated heterocycles. The smallest absolute Gasteiger partial charge is 0.352 e. The van der Waals surface area contributed by atoms with Gasteiger partial charge in [-0.05, 0) is 49.6 Å². The van der Waals surface area contributed by atoms with Gasteiger partial charge in [-0.1, -0.05) is 0 Å². The van der Waals surface area contributed by atoms with E-state index in [2.05, 4.69) is 14.9 Å². The van der Waals surface area contributed by atoms with Gasteiger partial charge in [-0.15, -0.1) is 0 Å². The van der Waals surface area contributed by atoms with Crippen molar-refractivity contribution in [2.45, 2.75) is 39.0 Å². The molecule has 5 rings (SSSR count). The number of rotatable bonds is 5. The summed E-state index contributed by atoms with van der Waals surface area (Å²) in [4.78, 5) is 22.5. The van der Waals surface area contributed by atoms with E-state index in [1.807, 2.05) is 0 Å². The van der Waals surface area contributed by atoms with Gasteiger partial charge in [0, 0.05) is 30.9 Å². The van der Waals surface area contributed by atoms with Gasteiger partial charge in [0.2, 0.25) is 5.88 Å². The summed E-state index contributed by atoms with van der Waals surface area (Å²) in [5.74, 6) is -1.08. The summed E-state index contributed by atoms with van der Waals surface area (Å²) in [5, 5.41) is 0. The lowest BCUT2D eigenvalue weighted by Gasteiger charge is -2.17. The van der Waals surface area contributed by atoms with Crippen LogP contribution in [-0.2, 0) is 13.2 Å². The molecule has 160 valence electrons. The van der Waals surface area contributed by atoms with Gasteiger partial charge in [0.05, 0.1) is 6.20 Å². The molecule has 0 aliphatic carbocycles. The molecule has 9 heteroatoms. The standard InChI is InChI=1S/C22H20F2N4O3/c1-13-4-5-16(10-25-13)31-21-17(23)7-14(8-18(21)24)12-30-19-9-20-27-6-2-3-15(27)11-28(20)22(29)26-19/h4-5,7-10,15H,2-3,6,11-12H2,1H3/t15-/m0/s1. The van der Waals surface area contributed by atoms with E-state index in [1.165, 1.54) is 6.20 Å². The van der Waals surface area contributed by atoms with Crippen molar-refractivity contribution in [1.82, 2.24) is 14.5 Å². The summed E-state index contributed by atoms with van der Waals surface area (Å²) in [5.41, 5.74) is 0.640. The molecule has 31 heavy (non-hydrogen) atoms. The number of ether oxygens (including phenoxy) is 2. The summed E-state index contributed by atoms with van der Waals surface area (Å²) in [6.45, 7) is 3.19. The Balaban J connectivity index is 1.32. The fourth-order valence-corrected chi connectivity index (χ4v) is 4.08. The van der Waals surface area contributed by atoms with Crippen molar-refractivity contribution in [2.75, 3.05) is 11.4 Å². The van der Waals surface area contributed by atoms with Gasteiger partial charge in [0.15, 0.2) is 17.4 Å². The van der Waals surface area contributed by atoms with Gasteiger partial charge in [-0.25, -0.2) is 13.6 Å². The Morgan fingerprint density at radius 3 is 2.74 bits per heavy atom. The molecular formula is C22H20F2N4O3. The second kappa shape index (κ2) is 7.64. The van der Waals surface area contributed by atoms with Gasteiger partial charge in [0.1, 0.15) is 18.2 Å². The first kappa shape index (κ1) is 19.5. The third kappa shape index (κ3) is 3.71. The molecule has 7 nitrogen and oxygen atoms in total. The van der Waals surface area contributed by atoms with E-state index in [0.29, 0.717) is 12.6 Å². The SMILES string of the molecule is Cc1ccc(Oc2c(F)cc(COc3cc4n(c(=O)n3)C[C@@H]3CCCN43)cc2F)cn1. The Kier molecular flexibility index (Phi) is 4.80. The van der Waals surface area contributed by atoms with Crippen LogP contribution in [0.15, 0.2) is 41.3 Å². The van der Waals surface area contributed by atoms with Gasteiger partial charge >= 0.3 is 5.69 Å². The van der Waals surface area contributed by atoms with Crippen LogP contribution in [0, 0.1) is 18.6 Å². The van der Waals surface area contributed by atoms with E-state index in [4.69, 9.17) is 9.47 Å². The molecule has 4 heterocycles. The number of hydrogen-bond donors (Lipinski definition) is 0. The van der Waals surface area contributed by atoms with Crippen LogP contribution in [0.25, 0.3) is 0 Å². The molecule has 2 aliphatic rings. The minimum absolute atomic E-state index is 0.135. The number of nitrogens with zero attached hydrogens (tertiary/aromatic N) is 4. The first-order valence-electron chi connectivity index (χ1n) is 10.1. The van der Waals surface area contributed by atoms with E-state index < -0.39 is 17.4 Å². The maximum atomic E-state index is 14.5. The highest BCUT2D eigenvalue weighted by Crippen LogP contribution is 2.33. The molecule has 0 amide bonds. The Morgan fingerprint density at radius 2 is 2.00 bits per heavy atom. The van der Waals surface area contributed by atoms with Crippen molar-refractivity contribution in [2.24, 2.45) is 0 Å². The zero-order chi connectivity index (χ0) is 21.5. The van der Waals surface area contributed by atoms with E-state index in [0.717, 1.165) is 43.0 Å². The number of benzene rings is 1. The zero-order valence-electron chi connectivity index (χ0n) is 16.8. The van der Waals surface area contributed by atoms with Crippen molar-refractivity contribution in [3.05, 3.63) is 69.9 Å². The number of pyridine rings is 1. The van der Waals surface area contributed by atoms with Crippen LogP contribution < -0.4 is 20.1 Å². The second-order valence-corrected chi connectivity index (χ2v) is 7.75. The number of hydrogen-bond acceptors (Lipinski definition) is 6. The predicted octanol–water partition coefficient (Wildman–Crippen LogP) is 3.58. The highest BCUT2D eigenvalue weighted by molar-refractivity contribution is 5.48. The summed E-state index contributed by atoms with van der Waals surface area (Å²) >= 11 is 0. The number of aryl methyl sites for hydroxylation is 1. The maximum Gasteiger partial charge on any atom is 0.352 e. The summed E-state index contributed by atoms with van der Waals surface area (Å²) in [6, 6.07) is 7.57. The van der Waals surface area contributed by atoms with E-state index in [-0.39, 0.29) is 29.5 Å². The molecular weight excluding hydrogens is 406 g/mol. The molecule has 0 bridgehead atoms. The van der Waals surface area contributed by atoms with Crippen molar-refractivity contribution in [1.29, 1.82) is 0 Å². The van der Waals surface area contributed by atoms with Crippen LogP contribution in [0.3, 0.4) is 0 Å². The lowest BCUT2D eigenvalue weighted by Crippen LogP contribution is -2.24. The molecule has 0 radical (unpaired) electrons. The largest absolute Gasteiger partial charge is 0.473 e. The highest BCUT2D eigenvalue weighted by atomic mass is 19.1. The quantitative estimate of drug-likeness (QED) is 0.621. The summed E-state index contributed by atoms with van der Waals surface area (Å²) < 4.78 is 41.5. The van der Waals surface area contributed by atoms with Crippen molar-refractivity contribution < 1.29 is 18.3 Å². The Morgan fingerprint density at radius 1 is 1.19 bits per heavy atom. The van der Waals surface area contributed by atoms with E-state index in [1.54, 1.807) is 29.7 Å². The summed E-state index contributed by atoms with van der Waals surface area (Å²) in [6.07, 6.45) is 3.53. The van der Waals surface area contributed by atoms with Crippen LogP contribution in [0.4, 0.5) is 14.6 Å². The normalized spacial score (nSPS) is 16.9. The van der Waals surface area contributed by atoms with Crippen molar-refractivity contribution >= 4 is 5.82 Å². The molecule has 0 unspecified atom stereocenters. The fraction of sp³-hybridized carbons (Fsp3) is 0.318. The highest BCUT2D eigenvalue weighted by Gasteiger charge is 2.34. The number of halogens is 2. The number of anilines is 1. The number of aromatic nitrogens is 3. The van der Waals surface area contributed by atoms with E-state index >= 15 is 0 Å². The molecule has 2 aliphatic heterocycles. The Bertz CT molecular complexity index is 1170. The van der Waals surface area contributed by atoms with Crippen molar-refractivity contribution in [3.63, 3.8) is 0 Å². The van der Waals surface area contributed by atoms with E-state index in [9.17, 15) is 13.6 Å². The molecule has 1 atom stereocenters. The third-order valence-electron chi connectivity index (χ3n) is 5.58. The first-order chi connectivity index (χ1) is 15.0. The van der Waals surface area contributed by atoms with Crippen LogP contribution in [0.5, 0.6) is 17.4 Å². The summed E-state index contributed by atoms with van der Waals surface area (Å²) in [7, 11) is 0. The average molecular weight is 426 g/mol. The molecule has 2 aromatic heterocycles. The van der Waals surface area contributed by atoms with Gasteiger partial charge in [-0.3, -0.25) is 9.55 Å². The van der Waals surface area contributed by atoms with Crippen LogP contribution in [0.1, 0.15) is 24.1 Å². The molecule has 0 spiro atoms. The zero-order valence-corrected chi connectivity index (χ0v) is 16.8. The van der Waals surface area contributed by atoms with Crippen LogP contribution in [-0.4, -0.2) is 27.1 Å². The van der Waals surface area contributed by atoms with Gasteiger partial charge in [-0.2, -0.15) is 4.98 Å². The molecule has 3 aromatic rings. The monoisotopic (exact) mass is 426 g/mol. The van der Waals surface area contributed by atoms with Gasteiger partial charge < -0.3 is 14.4 Å². The second-order valence-electron chi connectivity index (χ2n) is 7.75. The fourth-order valence-electron chi connectivity index (χ4n) is 4.08. The first-order valence-corrected chi connectivity index (χ1v) is 10.1. The lowest BCUT2D eigenvalue weighted by atomic mass is 10.2. The maximum absolute atomic E-state index is 14.5. The lowest BCUT2D eigenvalue weighted by molar-refractivity contribution is 0.289.